The average Bonchev–Trinajstić information content (AvgIpc) is 3.33. The predicted molar refractivity (Wildman–Crippen MR) is 123 cm³/mol. The van der Waals surface area contributed by atoms with Crippen molar-refractivity contribution in [1.82, 2.24) is 29.1 Å². The third-order valence-electron chi connectivity index (χ3n) is 5.53. The zero-order chi connectivity index (χ0) is 22.4. The summed E-state index contributed by atoms with van der Waals surface area (Å²) in [4.78, 5) is 18.2. The number of aryl methyl sites for hydroxylation is 3. The maximum Gasteiger partial charge on any atom is 0.281 e. The van der Waals surface area contributed by atoms with Crippen LogP contribution in [-0.2, 0) is 13.6 Å². The second kappa shape index (κ2) is 7.46. The third-order valence-corrected chi connectivity index (χ3v) is 5.53. The van der Waals surface area contributed by atoms with E-state index < -0.39 is 0 Å². The Kier molecular flexibility index (Phi) is 4.59. The first-order valence-corrected chi connectivity index (χ1v) is 10.4. The van der Waals surface area contributed by atoms with Crippen molar-refractivity contribution in [2.45, 2.75) is 26.8 Å². The van der Waals surface area contributed by atoms with E-state index in [0.717, 1.165) is 23.0 Å². The molecule has 5 aromatic rings. The van der Waals surface area contributed by atoms with Crippen LogP contribution in [0.15, 0.2) is 53.7 Å². The molecule has 5 rings (SSSR count). The molecule has 0 saturated carbocycles. The van der Waals surface area contributed by atoms with E-state index in [1.807, 2.05) is 55.1 Å². The van der Waals surface area contributed by atoms with Gasteiger partial charge in [0.1, 0.15) is 11.6 Å². The summed E-state index contributed by atoms with van der Waals surface area (Å²) in [5.74, 6) is 0. The predicted octanol–water partition coefficient (Wildman–Crippen LogP) is 3.73. The van der Waals surface area contributed by atoms with E-state index in [2.05, 4.69) is 28.2 Å². The van der Waals surface area contributed by atoms with Gasteiger partial charge in [-0.1, -0.05) is 13.0 Å². The van der Waals surface area contributed by atoms with E-state index in [0.29, 0.717) is 40.0 Å². The Morgan fingerprint density at radius 1 is 1.12 bits per heavy atom. The molecule has 0 radical (unpaired) electrons. The molecular formula is C24H21N7O. The molecule has 4 heterocycles. The van der Waals surface area contributed by atoms with Gasteiger partial charge in [0, 0.05) is 48.8 Å². The van der Waals surface area contributed by atoms with E-state index >= 15 is 0 Å². The number of fused-ring (bicyclic) bond motifs is 2. The molecule has 0 aliphatic carbocycles. The largest absolute Gasteiger partial charge is 0.344 e. The van der Waals surface area contributed by atoms with Gasteiger partial charge in [0.2, 0.25) is 0 Å². The van der Waals surface area contributed by atoms with E-state index in [4.69, 9.17) is 0 Å². The van der Waals surface area contributed by atoms with Gasteiger partial charge in [-0.25, -0.2) is 0 Å². The average molecular weight is 423 g/mol. The summed E-state index contributed by atoms with van der Waals surface area (Å²) < 4.78 is 5.06. The summed E-state index contributed by atoms with van der Waals surface area (Å²) in [6.45, 7) is 4.64. The molecule has 0 atom stereocenters. The van der Waals surface area contributed by atoms with E-state index in [-0.39, 0.29) is 5.56 Å². The van der Waals surface area contributed by atoms with Crippen LogP contribution in [0.1, 0.15) is 24.6 Å². The van der Waals surface area contributed by atoms with Crippen molar-refractivity contribution in [3.63, 3.8) is 0 Å². The number of nitriles is 1. The van der Waals surface area contributed by atoms with Crippen LogP contribution in [0, 0.1) is 18.3 Å². The highest BCUT2D eigenvalue weighted by Crippen LogP contribution is 2.29. The highest BCUT2D eigenvalue weighted by Gasteiger charge is 2.21. The van der Waals surface area contributed by atoms with Crippen molar-refractivity contribution in [2.75, 3.05) is 0 Å². The summed E-state index contributed by atoms with van der Waals surface area (Å²) in [7, 11) is 1.86. The van der Waals surface area contributed by atoms with Crippen molar-refractivity contribution in [1.29, 1.82) is 5.26 Å². The van der Waals surface area contributed by atoms with Crippen molar-refractivity contribution >= 4 is 21.9 Å². The van der Waals surface area contributed by atoms with Crippen molar-refractivity contribution in [3.8, 4) is 22.9 Å². The van der Waals surface area contributed by atoms with Gasteiger partial charge in [-0.2, -0.15) is 20.1 Å². The molecule has 4 aromatic heterocycles. The first-order valence-electron chi connectivity index (χ1n) is 10.4. The lowest BCUT2D eigenvalue weighted by Crippen LogP contribution is -2.24. The summed E-state index contributed by atoms with van der Waals surface area (Å²) >= 11 is 0. The number of rotatable bonds is 4. The van der Waals surface area contributed by atoms with Gasteiger partial charge >= 0.3 is 0 Å². The van der Waals surface area contributed by atoms with E-state index in [9.17, 15) is 10.1 Å². The molecule has 8 heteroatoms. The van der Waals surface area contributed by atoms with Crippen LogP contribution < -0.4 is 5.56 Å². The van der Waals surface area contributed by atoms with E-state index in [1.165, 1.54) is 4.68 Å². The summed E-state index contributed by atoms with van der Waals surface area (Å²) in [5, 5.41) is 19.7. The zero-order valence-corrected chi connectivity index (χ0v) is 18.1. The molecule has 0 unspecified atom stereocenters. The molecule has 0 N–H and O–H groups in total. The molecule has 0 spiro atoms. The van der Waals surface area contributed by atoms with E-state index in [1.54, 1.807) is 17.1 Å². The second-order valence-corrected chi connectivity index (χ2v) is 7.87. The van der Waals surface area contributed by atoms with Crippen LogP contribution in [-0.4, -0.2) is 29.1 Å². The number of pyridine rings is 1. The highest BCUT2D eigenvalue weighted by atomic mass is 16.1. The molecule has 0 amide bonds. The third kappa shape index (κ3) is 3.06. The molecule has 0 saturated heterocycles. The molecule has 0 bridgehead atoms. The Bertz CT molecular complexity index is 1580. The van der Waals surface area contributed by atoms with Gasteiger partial charge < -0.3 is 4.57 Å². The monoisotopic (exact) mass is 423 g/mol. The molecule has 32 heavy (non-hydrogen) atoms. The van der Waals surface area contributed by atoms with Gasteiger partial charge in [0.05, 0.1) is 27.8 Å². The van der Waals surface area contributed by atoms with Crippen molar-refractivity contribution in [2.24, 2.45) is 7.05 Å². The fourth-order valence-electron chi connectivity index (χ4n) is 4.08. The summed E-state index contributed by atoms with van der Waals surface area (Å²) in [6, 6.07) is 11.6. The lowest BCUT2D eigenvalue weighted by molar-refractivity contribution is 0.701. The minimum atomic E-state index is -0.258. The van der Waals surface area contributed by atoms with Crippen LogP contribution in [0.5, 0.6) is 0 Å². The van der Waals surface area contributed by atoms with Crippen LogP contribution in [0.3, 0.4) is 0 Å². The lowest BCUT2D eigenvalue weighted by Gasteiger charge is -2.12. The Morgan fingerprint density at radius 3 is 2.69 bits per heavy atom. The molecule has 8 nitrogen and oxygen atoms in total. The Labute approximate surface area is 184 Å². The number of nitrogens with zero attached hydrogens (tertiary/aromatic N) is 7. The maximum absolute atomic E-state index is 13.8. The summed E-state index contributed by atoms with van der Waals surface area (Å²) in [6.07, 6.45) is 6.24. The second-order valence-electron chi connectivity index (χ2n) is 7.87. The van der Waals surface area contributed by atoms with Crippen LogP contribution in [0.2, 0.25) is 0 Å². The SMILES string of the molecule is CCCn1cc(C#N)c2nn(-c3ccc4nn(C)cc4c3)c(=O)c(-c3ccc(C)nc3)c21. The lowest BCUT2D eigenvalue weighted by atomic mass is 10.1. The first-order chi connectivity index (χ1) is 15.5. The van der Waals surface area contributed by atoms with Crippen molar-refractivity contribution in [3.05, 3.63) is 70.5 Å². The van der Waals surface area contributed by atoms with Gasteiger partial charge in [-0.3, -0.25) is 14.5 Å². The molecule has 0 fully saturated rings. The van der Waals surface area contributed by atoms with Gasteiger partial charge in [0.25, 0.3) is 5.56 Å². The summed E-state index contributed by atoms with van der Waals surface area (Å²) in [5.41, 5.74) is 4.85. The van der Waals surface area contributed by atoms with Gasteiger partial charge in [-0.15, -0.1) is 0 Å². The Morgan fingerprint density at radius 2 is 1.97 bits per heavy atom. The molecule has 158 valence electrons. The van der Waals surface area contributed by atoms with Gasteiger partial charge in [0.15, 0.2) is 0 Å². The minimum Gasteiger partial charge on any atom is -0.344 e. The highest BCUT2D eigenvalue weighted by molar-refractivity contribution is 5.95. The standard InChI is InChI=1S/C24H21N7O/c1-4-9-30-14-18(11-25)22-23(30)21(16-6-5-15(2)26-12-16)24(32)31(28-22)19-7-8-20-17(10-19)13-29(3)27-20/h5-8,10,12-14H,4,9H2,1-3H3. The normalized spacial score (nSPS) is 11.3. The number of hydrogen-bond acceptors (Lipinski definition) is 5. The smallest absolute Gasteiger partial charge is 0.281 e. The molecule has 0 aliphatic heterocycles. The van der Waals surface area contributed by atoms with Crippen LogP contribution >= 0.6 is 0 Å². The maximum atomic E-state index is 13.8. The minimum absolute atomic E-state index is 0.258. The Balaban J connectivity index is 1.88. The van der Waals surface area contributed by atoms with Gasteiger partial charge in [-0.05, 0) is 37.6 Å². The number of hydrogen-bond donors (Lipinski definition) is 0. The number of aromatic nitrogens is 6. The first kappa shape index (κ1) is 19.7. The number of benzene rings is 1. The van der Waals surface area contributed by atoms with Crippen LogP contribution in [0.25, 0.3) is 38.8 Å². The quantitative estimate of drug-likeness (QED) is 0.439. The topological polar surface area (TPSA) is 94.3 Å². The fraction of sp³-hybridized carbons (Fsp3) is 0.208. The zero-order valence-electron chi connectivity index (χ0n) is 18.1. The molecule has 1 aromatic carbocycles. The van der Waals surface area contributed by atoms with Crippen molar-refractivity contribution < 1.29 is 0 Å². The van der Waals surface area contributed by atoms with Crippen LogP contribution in [0.4, 0.5) is 0 Å². The fourth-order valence-corrected chi connectivity index (χ4v) is 4.08. The molecular weight excluding hydrogens is 402 g/mol. The Hall–Kier alpha value is -4.25. The molecule has 0 aliphatic rings.